The first-order valence-corrected chi connectivity index (χ1v) is 11.6. The highest BCUT2D eigenvalue weighted by Crippen LogP contribution is 2.45. The summed E-state index contributed by atoms with van der Waals surface area (Å²) in [5.41, 5.74) is 1.94. The van der Waals surface area contributed by atoms with Crippen molar-refractivity contribution in [1.82, 2.24) is 14.9 Å². The number of halogens is 3. The van der Waals surface area contributed by atoms with E-state index in [9.17, 15) is 13.2 Å². The molecule has 6 nitrogen and oxygen atoms in total. The highest BCUT2D eigenvalue weighted by Gasteiger charge is 2.42. The normalized spacial score (nSPS) is 19.0. The Morgan fingerprint density at radius 2 is 1.78 bits per heavy atom. The zero-order chi connectivity index (χ0) is 24.9. The summed E-state index contributed by atoms with van der Waals surface area (Å²) in [7, 11) is 0. The third-order valence-corrected chi connectivity index (χ3v) is 6.58. The quantitative estimate of drug-likeness (QED) is 0.352. The summed E-state index contributed by atoms with van der Waals surface area (Å²) in [6.45, 7) is 0.139. The van der Waals surface area contributed by atoms with Crippen LogP contribution in [0.1, 0.15) is 29.0 Å². The largest absolute Gasteiger partial charge is 0.454 e. The van der Waals surface area contributed by atoms with Crippen molar-refractivity contribution in [3.8, 4) is 17.2 Å². The van der Waals surface area contributed by atoms with Crippen LogP contribution in [0.4, 0.5) is 18.9 Å². The molecular formula is C26H19F3N4O2S. The molecule has 6 rings (SSSR count). The van der Waals surface area contributed by atoms with Gasteiger partial charge in [0.2, 0.25) is 6.79 Å². The Balaban J connectivity index is 1.49. The minimum absolute atomic E-state index is 0.139. The molecule has 0 saturated carbocycles. The Morgan fingerprint density at radius 3 is 2.58 bits per heavy atom. The van der Waals surface area contributed by atoms with Crippen LogP contribution in [-0.4, -0.2) is 21.5 Å². The van der Waals surface area contributed by atoms with Gasteiger partial charge in [0.25, 0.3) is 0 Å². The van der Waals surface area contributed by atoms with Gasteiger partial charge in [-0.25, -0.2) is 0 Å². The summed E-state index contributed by atoms with van der Waals surface area (Å²) in [5.74, 6) is 1.24. The van der Waals surface area contributed by atoms with Gasteiger partial charge < -0.3 is 24.3 Å². The van der Waals surface area contributed by atoms with E-state index in [1.165, 1.54) is 6.07 Å². The van der Waals surface area contributed by atoms with Crippen molar-refractivity contribution < 1.29 is 22.6 Å². The fourth-order valence-electron chi connectivity index (χ4n) is 4.67. The van der Waals surface area contributed by atoms with Crippen LogP contribution in [0.3, 0.4) is 0 Å². The van der Waals surface area contributed by atoms with Gasteiger partial charge in [0.15, 0.2) is 16.6 Å². The van der Waals surface area contributed by atoms with Gasteiger partial charge in [0.1, 0.15) is 6.04 Å². The summed E-state index contributed by atoms with van der Waals surface area (Å²) >= 11 is 5.77. The van der Waals surface area contributed by atoms with Crippen LogP contribution < -0.4 is 19.7 Å². The molecule has 182 valence electrons. The molecule has 2 aromatic heterocycles. The molecule has 4 heterocycles. The number of anilines is 1. The molecule has 0 spiro atoms. The van der Waals surface area contributed by atoms with Crippen LogP contribution >= 0.6 is 12.2 Å². The number of aromatic nitrogens is 2. The number of ether oxygens (including phenoxy) is 2. The van der Waals surface area contributed by atoms with Crippen LogP contribution in [0.25, 0.3) is 5.69 Å². The number of hydrogen-bond acceptors (Lipinski definition) is 4. The predicted molar refractivity (Wildman–Crippen MR) is 131 cm³/mol. The molecule has 2 aliphatic rings. The molecule has 1 N–H and O–H groups in total. The summed E-state index contributed by atoms with van der Waals surface area (Å²) in [4.78, 5) is 6.48. The topological polar surface area (TPSA) is 51.6 Å². The standard InChI is InChI=1S/C26H19F3N4O2S/c27-26(28,29)16-5-3-6-17(13-16)32-12-4-8-20(32)24-23(19-7-1-2-11-30-19)31-25(36)33(24)18-9-10-21-22(14-18)35-15-34-21/h1-14,23-24H,15H2,(H,31,36)/t23-,24-/m0/s1. The fraction of sp³-hybridized carbons (Fsp3) is 0.154. The maximum Gasteiger partial charge on any atom is 0.416 e. The number of thiocarbonyl (C=S) groups is 1. The van der Waals surface area contributed by atoms with E-state index in [2.05, 4.69) is 10.3 Å². The Morgan fingerprint density at radius 1 is 0.917 bits per heavy atom. The molecule has 2 aromatic carbocycles. The third-order valence-electron chi connectivity index (χ3n) is 6.27. The zero-order valence-corrected chi connectivity index (χ0v) is 19.5. The van der Waals surface area contributed by atoms with E-state index >= 15 is 0 Å². The maximum absolute atomic E-state index is 13.5. The van der Waals surface area contributed by atoms with E-state index in [0.29, 0.717) is 22.3 Å². The van der Waals surface area contributed by atoms with Crippen LogP contribution in [0.2, 0.25) is 0 Å². The lowest BCUT2D eigenvalue weighted by molar-refractivity contribution is -0.137. The molecule has 10 heteroatoms. The molecule has 0 unspecified atom stereocenters. The van der Waals surface area contributed by atoms with Crippen molar-refractivity contribution in [2.24, 2.45) is 0 Å². The van der Waals surface area contributed by atoms with Gasteiger partial charge in [0.05, 0.1) is 17.3 Å². The molecular weight excluding hydrogens is 489 g/mol. The molecule has 0 bridgehead atoms. The molecule has 0 aliphatic carbocycles. The predicted octanol–water partition coefficient (Wildman–Crippen LogP) is 5.80. The molecule has 2 aliphatic heterocycles. The molecule has 1 saturated heterocycles. The van der Waals surface area contributed by atoms with Gasteiger partial charge in [-0.15, -0.1) is 0 Å². The van der Waals surface area contributed by atoms with Gasteiger partial charge in [-0.05, 0) is 66.8 Å². The van der Waals surface area contributed by atoms with Gasteiger partial charge in [-0.3, -0.25) is 4.98 Å². The van der Waals surface area contributed by atoms with E-state index in [-0.39, 0.29) is 12.8 Å². The highest BCUT2D eigenvalue weighted by atomic mass is 32.1. The summed E-state index contributed by atoms with van der Waals surface area (Å²) in [6.07, 6.45) is -0.999. The minimum atomic E-state index is -4.45. The van der Waals surface area contributed by atoms with E-state index in [0.717, 1.165) is 29.2 Å². The van der Waals surface area contributed by atoms with Crippen molar-refractivity contribution in [2.45, 2.75) is 18.3 Å². The average molecular weight is 509 g/mol. The first-order valence-electron chi connectivity index (χ1n) is 11.2. The monoisotopic (exact) mass is 508 g/mol. The lowest BCUT2D eigenvalue weighted by Crippen LogP contribution is -2.30. The van der Waals surface area contributed by atoms with Crippen LogP contribution in [0.15, 0.2) is 85.2 Å². The first-order chi connectivity index (χ1) is 17.4. The van der Waals surface area contributed by atoms with Crippen molar-refractivity contribution in [3.05, 3.63) is 102 Å². The summed E-state index contributed by atoms with van der Waals surface area (Å²) in [6, 6.07) is 19.3. The third kappa shape index (κ3) is 3.83. The first kappa shape index (κ1) is 22.4. The number of rotatable bonds is 4. The van der Waals surface area contributed by atoms with Crippen LogP contribution in [-0.2, 0) is 6.18 Å². The number of hydrogen-bond donors (Lipinski definition) is 1. The average Bonchev–Trinajstić information content (AvgIpc) is 3.61. The highest BCUT2D eigenvalue weighted by molar-refractivity contribution is 7.80. The number of fused-ring (bicyclic) bond motifs is 1. The minimum Gasteiger partial charge on any atom is -0.454 e. The number of alkyl halides is 3. The van der Waals surface area contributed by atoms with Crippen molar-refractivity contribution in [1.29, 1.82) is 0 Å². The maximum atomic E-state index is 13.5. The lowest BCUT2D eigenvalue weighted by Gasteiger charge is -2.29. The molecule has 0 radical (unpaired) electrons. The Kier molecular flexibility index (Phi) is 5.33. The Labute approximate surface area is 209 Å². The molecule has 4 aromatic rings. The Bertz CT molecular complexity index is 1440. The second kappa shape index (κ2) is 8.56. The van der Waals surface area contributed by atoms with Crippen molar-refractivity contribution in [2.75, 3.05) is 11.7 Å². The smallest absolute Gasteiger partial charge is 0.416 e. The van der Waals surface area contributed by atoms with E-state index in [1.54, 1.807) is 23.0 Å². The SMILES string of the molecule is FC(F)(F)c1cccc(-n2cccc2[C@H]2[C@H](c3ccccn3)NC(=S)N2c2ccc3c(c2)OCO3)c1. The number of benzene rings is 2. The number of nitrogens with one attached hydrogen (secondary N) is 1. The van der Waals surface area contributed by atoms with Crippen molar-refractivity contribution >= 4 is 23.0 Å². The van der Waals surface area contributed by atoms with Gasteiger partial charge in [0, 0.05) is 35.5 Å². The molecule has 36 heavy (non-hydrogen) atoms. The van der Waals surface area contributed by atoms with E-state index in [4.69, 9.17) is 21.7 Å². The molecule has 0 amide bonds. The lowest BCUT2D eigenvalue weighted by atomic mass is 10.0. The van der Waals surface area contributed by atoms with Crippen LogP contribution in [0, 0.1) is 0 Å². The number of pyridine rings is 1. The van der Waals surface area contributed by atoms with E-state index < -0.39 is 17.8 Å². The summed E-state index contributed by atoms with van der Waals surface area (Å²) in [5, 5.41) is 3.83. The fourth-order valence-corrected chi connectivity index (χ4v) is 5.02. The van der Waals surface area contributed by atoms with Crippen molar-refractivity contribution in [3.63, 3.8) is 0 Å². The number of nitrogens with zero attached hydrogens (tertiary/aromatic N) is 3. The second-order valence-electron chi connectivity index (χ2n) is 8.39. The Hall–Kier alpha value is -4.05. The molecule has 1 fully saturated rings. The van der Waals surface area contributed by atoms with Crippen LogP contribution in [0.5, 0.6) is 11.5 Å². The van der Waals surface area contributed by atoms with Gasteiger partial charge in [-0.1, -0.05) is 12.1 Å². The van der Waals surface area contributed by atoms with Gasteiger partial charge in [-0.2, -0.15) is 13.2 Å². The van der Waals surface area contributed by atoms with E-state index in [1.807, 2.05) is 53.4 Å². The molecule has 2 atom stereocenters. The van der Waals surface area contributed by atoms with Gasteiger partial charge >= 0.3 is 6.18 Å². The zero-order valence-electron chi connectivity index (χ0n) is 18.6. The summed E-state index contributed by atoms with van der Waals surface area (Å²) < 4.78 is 53.2. The second-order valence-corrected chi connectivity index (χ2v) is 8.77.